The first-order valence-corrected chi connectivity index (χ1v) is 5.70. The van der Waals surface area contributed by atoms with E-state index in [0.717, 1.165) is 0 Å². The molecule has 0 fully saturated rings. The van der Waals surface area contributed by atoms with Gasteiger partial charge in [0.2, 0.25) is 0 Å². The first-order chi connectivity index (χ1) is 9.02. The van der Waals surface area contributed by atoms with E-state index >= 15 is 0 Å². The van der Waals surface area contributed by atoms with Crippen LogP contribution in [-0.4, -0.2) is 18.1 Å². The highest BCUT2D eigenvalue weighted by molar-refractivity contribution is 6.30. The van der Waals surface area contributed by atoms with Crippen molar-refractivity contribution in [3.63, 3.8) is 0 Å². The van der Waals surface area contributed by atoms with Gasteiger partial charge in [0.15, 0.2) is 0 Å². The summed E-state index contributed by atoms with van der Waals surface area (Å²) in [5, 5.41) is 0.351. The van der Waals surface area contributed by atoms with Crippen molar-refractivity contribution in [1.29, 1.82) is 0 Å². The fraction of sp³-hybridized carbons (Fsp3) is 0.0769. The summed E-state index contributed by atoms with van der Waals surface area (Å²) in [5.41, 5.74) is 6.11. The van der Waals surface area contributed by atoms with Gasteiger partial charge in [-0.25, -0.2) is 14.2 Å². The molecule has 2 aromatic rings. The number of aromatic nitrogens is 1. The quantitative estimate of drug-likeness (QED) is 0.859. The molecule has 0 amide bonds. The Morgan fingerprint density at radius 1 is 1.37 bits per heavy atom. The van der Waals surface area contributed by atoms with Gasteiger partial charge in [0, 0.05) is 22.3 Å². The van der Waals surface area contributed by atoms with Gasteiger partial charge in [0.25, 0.3) is 0 Å². The second-order valence-electron chi connectivity index (χ2n) is 3.77. The molecule has 0 bridgehead atoms. The molecule has 0 aliphatic heterocycles. The Morgan fingerprint density at radius 3 is 2.79 bits per heavy atom. The third kappa shape index (κ3) is 2.66. The molecule has 0 aliphatic rings. The van der Waals surface area contributed by atoms with Crippen molar-refractivity contribution in [2.75, 3.05) is 12.8 Å². The smallest absolute Gasteiger partial charge is 0.338 e. The third-order valence-corrected chi connectivity index (χ3v) is 2.78. The normalized spacial score (nSPS) is 10.3. The number of benzene rings is 1. The van der Waals surface area contributed by atoms with Gasteiger partial charge in [-0.3, -0.25) is 0 Å². The zero-order chi connectivity index (χ0) is 14.0. The van der Waals surface area contributed by atoms with E-state index in [1.54, 1.807) is 0 Å². The topological polar surface area (TPSA) is 65.2 Å². The van der Waals surface area contributed by atoms with Crippen LogP contribution >= 0.6 is 11.6 Å². The van der Waals surface area contributed by atoms with E-state index in [0.29, 0.717) is 5.02 Å². The van der Waals surface area contributed by atoms with Crippen LogP contribution in [-0.2, 0) is 4.74 Å². The molecule has 0 radical (unpaired) electrons. The Morgan fingerprint density at radius 2 is 2.11 bits per heavy atom. The lowest BCUT2D eigenvalue weighted by atomic mass is 10.0. The summed E-state index contributed by atoms with van der Waals surface area (Å²) >= 11 is 5.84. The number of ether oxygens (including phenoxy) is 1. The lowest BCUT2D eigenvalue weighted by molar-refractivity contribution is 0.0601. The standard InChI is InChI=1S/C13H10ClFN2O2/c1-19-13(18)9-5-12(16)17-6-10(9)8-4-7(14)2-3-11(8)15/h2-6H,1H3,(H2,16,17). The van der Waals surface area contributed by atoms with Crippen molar-refractivity contribution >= 4 is 23.4 Å². The lowest BCUT2D eigenvalue weighted by Crippen LogP contribution is -2.06. The molecule has 0 saturated heterocycles. The van der Waals surface area contributed by atoms with Crippen LogP contribution in [0.4, 0.5) is 10.2 Å². The number of anilines is 1. The summed E-state index contributed by atoms with van der Waals surface area (Å²) in [4.78, 5) is 15.6. The summed E-state index contributed by atoms with van der Waals surface area (Å²) in [6.45, 7) is 0. The van der Waals surface area contributed by atoms with E-state index in [9.17, 15) is 9.18 Å². The Hall–Kier alpha value is -2.14. The van der Waals surface area contributed by atoms with Crippen molar-refractivity contribution in [2.24, 2.45) is 0 Å². The summed E-state index contributed by atoms with van der Waals surface area (Å²) in [6.07, 6.45) is 1.32. The average Bonchev–Trinajstić information content (AvgIpc) is 2.41. The molecule has 0 atom stereocenters. The van der Waals surface area contributed by atoms with Gasteiger partial charge in [0.1, 0.15) is 11.6 Å². The van der Waals surface area contributed by atoms with Crippen LogP contribution in [0.2, 0.25) is 5.02 Å². The van der Waals surface area contributed by atoms with Crippen LogP contribution in [0.5, 0.6) is 0 Å². The van der Waals surface area contributed by atoms with Crippen molar-refractivity contribution in [3.8, 4) is 11.1 Å². The van der Waals surface area contributed by atoms with E-state index in [4.69, 9.17) is 17.3 Å². The predicted molar refractivity (Wildman–Crippen MR) is 70.4 cm³/mol. The number of nitrogen functional groups attached to an aromatic ring is 1. The minimum absolute atomic E-state index is 0.135. The highest BCUT2D eigenvalue weighted by Crippen LogP contribution is 2.29. The van der Waals surface area contributed by atoms with Crippen molar-refractivity contribution < 1.29 is 13.9 Å². The Kier molecular flexibility index (Phi) is 3.66. The monoisotopic (exact) mass is 280 g/mol. The lowest BCUT2D eigenvalue weighted by Gasteiger charge is -2.09. The van der Waals surface area contributed by atoms with Gasteiger partial charge in [0.05, 0.1) is 12.7 Å². The maximum atomic E-state index is 13.8. The molecule has 1 aromatic heterocycles. The molecule has 2 rings (SSSR count). The molecule has 98 valence electrons. The largest absolute Gasteiger partial charge is 0.465 e. The van der Waals surface area contributed by atoms with Gasteiger partial charge in [-0.15, -0.1) is 0 Å². The second-order valence-corrected chi connectivity index (χ2v) is 4.21. The summed E-state index contributed by atoms with van der Waals surface area (Å²) in [7, 11) is 1.23. The number of carbonyl (C=O) groups is 1. The fourth-order valence-corrected chi connectivity index (χ4v) is 1.84. The molecule has 19 heavy (non-hydrogen) atoms. The summed E-state index contributed by atoms with van der Waals surface area (Å²) in [6, 6.07) is 5.38. The molecule has 4 nitrogen and oxygen atoms in total. The molecule has 1 aromatic carbocycles. The minimum Gasteiger partial charge on any atom is -0.465 e. The van der Waals surface area contributed by atoms with Crippen molar-refractivity contribution in [2.45, 2.75) is 0 Å². The van der Waals surface area contributed by atoms with Crippen LogP contribution in [0.1, 0.15) is 10.4 Å². The van der Waals surface area contributed by atoms with E-state index in [2.05, 4.69) is 9.72 Å². The number of rotatable bonds is 2. The molecule has 0 spiro atoms. The first kappa shape index (κ1) is 13.3. The van der Waals surface area contributed by atoms with Gasteiger partial charge < -0.3 is 10.5 Å². The number of nitrogens with zero attached hydrogens (tertiary/aromatic N) is 1. The zero-order valence-electron chi connectivity index (χ0n) is 9.98. The number of hydrogen-bond donors (Lipinski definition) is 1. The number of carbonyl (C=O) groups excluding carboxylic acids is 1. The Bertz CT molecular complexity index is 647. The number of esters is 1. The number of pyridine rings is 1. The Labute approximate surface area is 114 Å². The highest BCUT2D eigenvalue weighted by Gasteiger charge is 2.17. The SMILES string of the molecule is COC(=O)c1cc(N)ncc1-c1cc(Cl)ccc1F. The van der Waals surface area contributed by atoms with Crippen LogP contribution in [0.3, 0.4) is 0 Å². The molecule has 6 heteroatoms. The van der Waals surface area contributed by atoms with Crippen molar-refractivity contribution in [1.82, 2.24) is 4.98 Å². The molecule has 0 unspecified atom stereocenters. The maximum absolute atomic E-state index is 13.8. The van der Waals surface area contributed by atoms with Gasteiger partial charge in [-0.1, -0.05) is 11.6 Å². The van der Waals surface area contributed by atoms with Gasteiger partial charge in [-0.05, 0) is 24.3 Å². The average molecular weight is 281 g/mol. The molecule has 2 N–H and O–H groups in total. The van der Waals surface area contributed by atoms with E-state index in [1.807, 2.05) is 0 Å². The number of hydrogen-bond acceptors (Lipinski definition) is 4. The number of halogens is 2. The molecule has 1 heterocycles. The third-order valence-electron chi connectivity index (χ3n) is 2.55. The minimum atomic E-state index is -0.622. The molecular weight excluding hydrogens is 271 g/mol. The molecule has 0 saturated carbocycles. The van der Waals surface area contributed by atoms with Crippen LogP contribution in [0.15, 0.2) is 30.5 Å². The predicted octanol–water partition coefficient (Wildman–Crippen LogP) is 2.91. The molecular formula is C13H10ClFN2O2. The summed E-state index contributed by atoms with van der Waals surface area (Å²) in [5.74, 6) is -0.990. The van der Waals surface area contributed by atoms with Crippen LogP contribution in [0, 0.1) is 5.82 Å². The summed E-state index contributed by atoms with van der Waals surface area (Å²) < 4.78 is 18.5. The maximum Gasteiger partial charge on any atom is 0.338 e. The van der Waals surface area contributed by atoms with Gasteiger partial charge >= 0.3 is 5.97 Å². The zero-order valence-corrected chi connectivity index (χ0v) is 10.7. The van der Waals surface area contributed by atoms with Crippen molar-refractivity contribution in [3.05, 3.63) is 46.9 Å². The highest BCUT2D eigenvalue weighted by atomic mass is 35.5. The van der Waals surface area contributed by atoms with E-state index in [1.165, 1.54) is 37.6 Å². The number of methoxy groups -OCH3 is 1. The fourth-order valence-electron chi connectivity index (χ4n) is 1.67. The second kappa shape index (κ2) is 5.24. The van der Waals surface area contributed by atoms with Crippen LogP contribution < -0.4 is 5.73 Å². The van der Waals surface area contributed by atoms with Crippen LogP contribution in [0.25, 0.3) is 11.1 Å². The Balaban J connectivity index is 2.68. The van der Waals surface area contributed by atoms with E-state index in [-0.39, 0.29) is 22.5 Å². The number of nitrogens with two attached hydrogens (primary N) is 1. The molecule has 0 aliphatic carbocycles. The van der Waals surface area contributed by atoms with E-state index < -0.39 is 11.8 Å². The van der Waals surface area contributed by atoms with Gasteiger partial charge in [-0.2, -0.15) is 0 Å². The first-order valence-electron chi connectivity index (χ1n) is 5.32.